The maximum absolute atomic E-state index is 5.60. The molecule has 31 heavy (non-hydrogen) atoms. The van der Waals surface area contributed by atoms with E-state index < -0.39 is 0 Å². The smallest absolute Gasteiger partial charge is 0.118 e. The van der Waals surface area contributed by atoms with E-state index >= 15 is 0 Å². The monoisotopic (exact) mass is 421 g/mol. The van der Waals surface area contributed by atoms with Gasteiger partial charge in [0.1, 0.15) is 5.75 Å². The fourth-order valence-electron chi connectivity index (χ4n) is 5.67. The molecule has 0 spiro atoms. The van der Waals surface area contributed by atoms with Crippen molar-refractivity contribution >= 4 is 0 Å². The van der Waals surface area contributed by atoms with E-state index in [1.54, 1.807) is 7.11 Å². The molecule has 0 saturated carbocycles. The van der Waals surface area contributed by atoms with Crippen molar-refractivity contribution in [2.45, 2.75) is 57.4 Å². The predicted molar refractivity (Wildman–Crippen MR) is 128 cm³/mol. The zero-order chi connectivity index (χ0) is 21.7. The molecule has 2 aromatic rings. The van der Waals surface area contributed by atoms with E-state index in [0.717, 1.165) is 37.2 Å². The quantitative estimate of drug-likeness (QED) is 0.528. The van der Waals surface area contributed by atoms with Gasteiger partial charge in [0.2, 0.25) is 0 Å². The van der Waals surface area contributed by atoms with Crippen LogP contribution in [-0.2, 0) is 10.2 Å². The number of ether oxygens (including phenoxy) is 2. The second-order valence-electron chi connectivity index (χ2n) is 10.1. The number of hydrogen-bond acceptors (Lipinski definition) is 3. The Morgan fingerprint density at radius 1 is 0.903 bits per heavy atom. The average molecular weight is 422 g/mol. The van der Waals surface area contributed by atoms with Crippen molar-refractivity contribution < 1.29 is 9.47 Å². The largest absolute Gasteiger partial charge is 0.497 e. The molecule has 0 amide bonds. The minimum absolute atomic E-state index is 0.0876. The summed E-state index contributed by atoms with van der Waals surface area (Å²) in [6, 6.07) is 20.3. The van der Waals surface area contributed by atoms with Crippen LogP contribution in [-0.4, -0.2) is 38.3 Å². The van der Waals surface area contributed by atoms with Gasteiger partial charge in [-0.25, -0.2) is 0 Å². The third kappa shape index (κ3) is 5.51. The molecule has 0 aliphatic carbocycles. The van der Waals surface area contributed by atoms with Crippen LogP contribution in [0, 0.1) is 11.8 Å². The molecule has 0 bridgehead atoms. The highest BCUT2D eigenvalue weighted by molar-refractivity contribution is 5.32. The van der Waals surface area contributed by atoms with Crippen LogP contribution >= 0.6 is 0 Å². The predicted octanol–water partition coefficient (Wildman–Crippen LogP) is 6.24. The summed E-state index contributed by atoms with van der Waals surface area (Å²) < 4.78 is 11.0. The molecule has 3 heteroatoms. The summed E-state index contributed by atoms with van der Waals surface area (Å²) in [5.74, 6) is 2.68. The van der Waals surface area contributed by atoms with Crippen LogP contribution in [0.2, 0.25) is 0 Å². The summed E-state index contributed by atoms with van der Waals surface area (Å²) in [6.07, 6.45) is 6.30. The maximum atomic E-state index is 5.60. The lowest BCUT2D eigenvalue weighted by Gasteiger charge is -2.43. The summed E-state index contributed by atoms with van der Waals surface area (Å²) >= 11 is 0. The third-order valence-electron chi connectivity index (χ3n) is 7.71. The molecule has 0 N–H and O–H groups in total. The van der Waals surface area contributed by atoms with Gasteiger partial charge in [0.25, 0.3) is 0 Å². The molecule has 0 radical (unpaired) electrons. The molecule has 2 saturated heterocycles. The summed E-state index contributed by atoms with van der Waals surface area (Å²) in [5.41, 5.74) is 2.92. The van der Waals surface area contributed by atoms with E-state index in [2.05, 4.69) is 73.3 Å². The fourth-order valence-corrected chi connectivity index (χ4v) is 5.67. The molecule has 2 fully saturated rings. The van der Waals surface area contributed by atoms with E-state index in [1.807, 2.05) is 0 Å². The van der Waals surface area contributed by atoms with Crippen LogP contribution in [0.25, 0.3) is 0 Å². The molecule has 2 aliphatic heterocycles. The third-order valence-corrected chi connectivity index (χ3v) is 7.71. The Morgan fingerprint density at radius 3 is 2.13 bits per heavy atom. The minimum Gasteiger partial charge on any atom is -0.497 e. The van der Waals surface area contributed by atoms with Crippen molar-refractivity contribution in [1.29, 1.82) is 0 Å². The van der Waals surface area contributed by atoms with Crippen LogP contribution in [0.1, 0.15) is 63.1 Å². The van der Waals surface area contributed by atoms with Crippen LogP contribution in [0.3, 0.4) is 0 Å². The lowest BCUT2D eigenvalue weighted by molar-refractivity contribution is 0.0224. The van der Waals surface area contributed by atoms with Crippen LogP contribution in [0.15, 0.2) is 54.6 Å². The Hall–Kier alpha value is -1.84. The van der Waals surface area contributed by atoms with Gasteiger partial charge in [0.15, 0.2) is 0 Å². The van der Waals surface area contributed by atoms with Gasteiger partial charge in [-0.2, -0.15) is 0 Å². The van der Waals surface area contributed by atoms with Gasteiger partial charge in [-0.05, 0) is 85.7 Å². The van der Waals surface area contributed by atoms with Crippen LogP contribution < -0.4 is 4.74 Å². The standard InChI is InChI=1S/C28H39NO2/c1-28(2,25-9-11-26(30-3)12-10-25)21-27(24-7-5-4-6-8-24)29-17-13-22(14-18-29)23-15-19-31-20-16-23/h4-12,22-23,27H,13-21H2,1-3H3. The molecule has 4 rings (SSSR count). The number of methoxy groups -OCH3 is 1. The van der Waals surface area contributed by atoms with Crippen molar-refractivity contribution in [3.63, 3.8) is 0 Å². The summed E-state index contributed by atoms with van der Waals surface area (Å²) in [6.45, 7) is 9.13. The van der Waals surface area contributed by atoms with Crippen molar-refractivity contribution in [2.75, 3.05) is 33.4 Å². The first-order chi connectivity index (χ1) is 15.1. The summed E-state index contributed by atoms with van der Waals surface area (Å²) in [4.78, 5) is 2.76. The molecular formula is C28H39NO2. The van der Waals surface area contributed by atoms with Crippen LogP contribution in [0.4, 0.5) is 0 Å². The van der Waals surface area contributed by atoms with Crippen molar-refractivity contribution in [3.05, 3.63) is 65.7 Å². The minimum atomic E-state index is 0.0876. The van der Waals surface area contributed by atoms with Crippen molar-refractivity contribution in [3.8, 4) is 5.75 Å². The highest BCUT2D eigenvalue weighted by Crippen LogP contribution is 2.40. The zero-order valence-electron chi connectivity index (χ0n) is 19.6. The number of benzene rings is 2. The van der Waals surface area contributed by atoms with Crippen molar-refractivity contribution in [1.82, 2.24) is 4.90 Å². The van der Waals surface area contributed by atoms with E-state index in [9.17, 15) is 0 Å². The normalized spacial score (nSPS) is 20.5. The number of hydrogen-bond donors (Lipinski definition) is 0. The van der Waals surface area contributed by atoms with Crippen molar-refractivity contribution in [2.24, 2.45) is 11.8 Å². The van der Waals surface area contributed by atoms with E-state index in [4.69, 9.17) is 9.47 Å². The van der Waals surface area contributed by atoms with E-state index in [-0.39, 0.29) is 5.41 Å². The lowest BCUT2D eigenvalue weighted by Crippen LogP contribution is -2.41. The Bertz CT molecular complexity index is 788. The topological polar surface area (TPSA) is 21.7 Å². The Balaban J connectivity index is 1.48. The summed E-state index contributed by atoms with van der Waals surface area (Å²) in [5, 5.41) is 0. The van der Waals surface area contributed by atoms with Gasteiger partial charge in [0.05, 0.1) is 7.11 Å². The Morgan fingerprint density at radius 2 is 1.52 bits per heavy atom. The maximum Gasteiger partial charge on any atom is 0.118 e. The SMILES string of the molecule is COc1ccc(C(C)(C)CC(c2ccccc2)N2CCC(C3CCOCC3)CC2)cc1. The lowest BCUT2D eigenvalue weighted by atomic mass is 9.76. The van der Waals surface area contributed by atoms with Gasteiger partial charge in [0, 0.05) is 19.3 Å². The van der Waals surface area contributed by atoms with Gasteiger partial charge in [-0.1, -0.05) is 56.3 Å². The Kier molecular flexibility index (Phi) is 7.35. The van der Waals surface area contributed by atoms with Gasteiger partial charge in [-0.15, -0.1) is 0 Å². The first-order valence-corrected chi connectivity index (χ1v) is 12.1. The molecule has 1 unspecified atom stereocenters. The highest BCUT2D eigenvalue weighted by atomic mass is 16.5. The second kappa shape index (κ2) is 10.2. The second-order valence-corrected chi connectivity index (χ2v) is 10.1. The molecule has 2 heterocycles. The van der Waals surface area contributed by atoms with Gasteiger partial charge < -0.3 is 9.47 Å². The molecule has 2 aliphatic rings. The first kappa shape index (κ1) is 22.4. The average Bonchev–Trinajstić information content (AvgIpc) is 2.84. The number of nitrogens with zero attached hydrogens (tertiary/aromatic N) is 1. The van der Waals surface area contributed by atoms with E-state index in [1.165, 1.54) is 49.9 Å². The molecule has 1 atom stereocenters. The molecule has 2 aromatic carbocycles. The zero-order valence-corrected chi connectivity index (χ0v) is 19.6. The van der Waals surface area contributed by atoms with Crippen LogP contribution in [0.5, 0.6) is 5.75 Å². The fraction of sp³-hybridized carbons (Fsp3) is 0.571. The van der Waals surface area contributed by atoms with E-state index in [0.29, 0.717) is 6.04 Å². The molecule has 3 nitrogen and oxygen atoms in total. The Labute approximate surface area is 188 Å². The molecule has 168 valence electrons. The number of likely N-dealkylation sites (tertiary alicyclic amines) is 1. The molecular weight excluding hydrogens is 382 g/mol. The molecule has 0 aromatic heterocycles. The summed E-state index contributed by atoms with van der Waals surface area (Å²) in [7, 11) is 1.73. The number of rotatable bonds is 7. The highest BCUT2D eigenvalue weighted by Gasteiger charge is 2.34. The first-order valence-electron chi connectivity index (χ1n) is 12.1. The van der Waals surface area contributed by atoms with Gasteiger partial charge >= 0.3 is 0 Å². The number of piperidine rings is 1. The van der Waals surface area contributed by atoms with Gasteiger partial charge in [-0.3, -0.25) is 4.90 Å².